The van der Waals surface area contributed by atoms with Crippen LogP contribution in [0.1, 0.15) is 47.0 Å². The van der Waals surface area contributed by atoms with Gasteiger partial charge in [-0.25, -0.2) is 8.42 Å². The second-order valence-corrected chi connectivity index (χ2v) is 13.3. The maximum Gasteiger partial charge on any atom is 0.324 e. The molecule has 42 heavy (non-hydrogen) atoms. The van der Waals surface area contributed by atoms with Gasteiger partial charge < -0.3 is 28.4 Å². The molecule has 9 nitrogen and oxygen atoms in total. The maximum atomic E-state index is 13.8. The molecule has 0 bridgehead atoms. The van der Waals surface area contributed by atoms with E-state index in [0.29, 0.717) is 17.2 Å². The summed E-state index contributed by atoms with van der Waals surface area (Å²) in [6, 6.07) is 16.4. The van der Waals surface area contributed by atoms with Crippen LogP contribution >= 0.6 is 11.8 Å². The van der Waals surface area contributed by atoms with E-state index in [-0.39, 0.29) is 33.5 Å². The minimum atomic E-state index is -4.20. The molecule has 1 aliphatic heterocycles. The lowest BCUT2D eigenvalue weighted by atomic mass is 10.0. The summed E-state index contributed by atoms with van der Waals surface area (Å²) < 4.78 is 60.5. The molecule has 1 saturated heterocycles. The van der Waals surface area contributed by atoms with Gasteiger partial charge >= 0.3 is 5.97 Å². The molecule has 0 spiro atoms. The predicted molar refractivity (Wildman–Crippen MR) is 161 cm³/mol. The molecule has 0 radical (unpaired) electrons. The Morgan fingerprint density at radius 3 is 1.79 bits per heavy atom. The van der Waals surface area contributed by atoms with Crippen LogP contribution in [-0.4, -0.2) is 55.2 Å². The van der Waals surface area contributed by atoms with Gasteiger partial charge in [-0.1, -0.05) is 30.3 Å². The molecular weight excluding hydrogens is 580 g/mol. The summed E-state index contributed by atoms with van der Waals surface area (Å²) in [7, 11) is 3.35. The van der Waals surface area contributed by atoms with Crippen molar-refractivity contribution >= 4 is 27.6 Å². The Labute approximate surface area is 251 Å². The smallest absolute Gasteiger partial charge is 0.324 e. The first-order chi connectivity index (χ1) is 20.2. The second kappa shape index (κ2) is 13.6. The zero-order valence-electron chi connectivity index (χ0n) is 24.5. The molecule has 0 amide bonds. The first-order valence-electron chi connectivity index (χ1n) is 13.3. The third-order valence-corrected chi connectivity index (χ3v) is 11.0. The largest absolute Gasteiger partial charge is 0.493 e. The molecule has 1 fully saturated rings. The van der Waals surface area contributed by atoms with Crippen molar-refractivity contribution in [3.63, 3.8) is 0 Å². The quantitative estimate of drug-likeness (QED) is 0.227. The lowest BCUT2D eigenvalue weighted by Gasteiger charge is -2.20. The van der Waals surface area contributed by atoms with Crippen molar-refractivity contribution in [1.29, 1.82) is 0 Å². The number of rotatable bonds is 12. The maximum absolute atomic E-state index is 13.8. The van der Waals surface area contributed by atoms with Crippen molar-refractivity contribution < 1.29 is 41.6 Å². The SMILES string of the molecule is COc1cc([C@@H]2CC[C@@H](c3cc(OC)c(OC)c(S(=O)(=O)C(C)C(=O)OCc4ccccc4)c3)S2)cc(OC)c1OC. The van der Waals surface area contributed by atoms with Crippen molar-refractivity contribution in [2.24, 2.45) is 0 Å². The van der Waals surface area contributed by atoms with E-state index in [2.05, 4.69) is 0 Å². The van der Waals surface area contributed by atoms with E-state index < -0.39 is 21.1 Å². The number of hydrogen-bond donors (Lipinski definition) is 0. The van der Waals surface area contributed by atoms with E-state index in [1.807, 2.05) is 30.3 Å². The van der Waals surface area contributed by atoms with Gasteiger partial charge in [0.05, 0.1) is 35.5 Å². The van der Waals surface area contributed by atoms with E-state index >= 15 is 0 Å². The molecular formula is C31H36O9S2. The fraction of sp³-hybridized carbons (Fsp3) is 0.387. The van der Waals surface area contributed by atoms with Gasteiger partial charge in [-0.15, -0.1) is 11.8 Å². The van der Waals surface area contributed by atoms with E-state index in [4.69, 9.17) is 28.4 Å². The molecule has 3 aromatic carbocycles. The molecule has 1 aliphatic rings. The monoisotopic (exact) mass is 616 g/mol. The summed E-state index contributed by atoms with van der Waals surface area (Å²) in [6.07, 6.45) is 1.63. The van der Waals surface area contributed by atoms with Gasteiger partial charge in [-0.05, 0) is 60.7 Å². The minimum absolute atomic E-state index is 0.0267. The summed E-state index contributed by atoms with van der Waals surface area (Å²) in [4.78, 5) is 12.8. The number of methoxy groups -OCH3 is 5. The molecule has 226 valence electrons. The van der Waals surface area contributed by atoms with Crippen molar-refractivity contribution in [2.45, 2.75) is 47.0 Å². The third-order valence-electron chi connectivity index (χ3n) is 7.25. The Morgan fingerprint density at radius 1 is 0.786 bits per heavy atom. The van der Waals surface area contributed by atoms with E-state index in [9.17, 15) is 13.2 Å². The van der Waals surface area contributed by atoms with Gasteiger partial charge in [0.1, 0.15) is 11.5 Å². The first-order valence-corrected chi connectivity index (χ1v) is 15.8. The normalized spacial score (nSPS) is 17.3. The third kappa shape index (κ3) is 6.42. The number of sulfone groups is 1. The summed E-state index contributed by atoms with van der Waals surface area (Å²) in [5.74, 6) is 1.15. The summed E-state index contributed by atoms with van der Waals surface area (Å²) in [5.41, 5.74) is 2.53. The lowest BCUT2D eigenvalue weighted by Crippen LogP contribution is -2.29. The summed E-state index contributed by atoms with van der Waals surface area (Å²) in [6.45, 7) is 1.30. The Bertz CT molecular complexity index is 1480. The molecule has 0 aliphatic carbocycles. The highest BCUT2D eigenvalue weighted by Gasteiger charge is 2.37. The number of hydrogen-bond acceptors (Lipinski definition) is 10. The van der Waals surface area contributed by atoms with E-state index in [0.717, 1.165) is 29.5 Å². The van der Waals surface area contributed by atoms with Crippen LogP contribution in [0.4, 0.5) is 0 Å². The van der Waals surface area contributed by atoms with Crippen molar-refractivity contribution in [3.8, 4) is 28.7 Å². The standard InChI is InChI=1S/C31H36O9S2/c1-19(31(32)40-18-20-10-8-7-9-11-20)42(33,34)28-17-22(16-25(37-4)30(28)39-6)27-13-12-26(41-27)21-14-23(35-2)29(38-5)24(15-21)36-3/h7-11,14-17,19,26-27H,12-13,18H2,1-6H3/t19?,26-,27-/m0/s1. The zero-order chi connectivity index (χ0) is 30.4. The molecule has 1 unspecified atom stereocenters. The van der Waals surface area contributed by atoms with Crippen LogP contribution in [0.5, 0.6) is 28.7 Å². The number of thioether (sulfide) groups is 1. The highest BCUT2D eigenvalue weighted by molar-refractivity contribution is 8.00. The number of carbonyl (C=O) groups excluding carboxylic acids is 1. The Morgan fingerprint density at radius 2 is 1.29 bits per heavy atom. The molecule has 0 N–H and O–H groups in total. The van der Waals surface area contributed by atoms with Gasteiger partial charge in [-0.2, -0.15) is 0 Å². The van der Waals surface area contributed by atoms with Crippen LogP contribution in [0.3, 0.4) is 0 Å². The van der Waals surface area contributed by atoms with Gasteiger partial charge in [0, 0.05) is 10.5 Å². The molecule has 1 heterocycles. The van der Waals surface area contributed by atoms with Gasteiger partial charge in [0.25, 0.3) is 0 Å². The van der Waals surface area contributed by atoms with Crippen LogP contribution in [-0.2, 0) is 26.0 Å². The van der Waals surface area contributed by atoms with Crippen LogP contribution in [0.2, 0.25) is 0 Å². The van der Waals surface area contributed by atoms with Gasteiger partial charge in [0.15, 0.2) is 38.1 Å². The van der Waals surface area contributed by atoms with Gasteiger partial charge in [0.2, 0.25) is 5.75 Å². The van der Waals surface area contributed by atoms with E-state index in [1.165, 1.54) is 21.1 Å². The highest BCUT2D eigenvalue weighted by Crippen LogP contribution is 2.55. The fourth-order valence-electron chi connectivity index (χ4n) is 4.93. The Kier molecular flexibility index (Phi) is 10.2. The highest BCUT2D eigenvalue weighted by atomic mass is 32.2. The average molecular weight is 617 g/mol. The molecule has 3 atom stereocenters. The van der Waals surface area contributed by atoms with Crippen molar-refractivity contribution in [3.05, 3.63) is 71.3 Å². The lowest BCUT2D eigenvalue weighted by molar-refractivity contribution is -0.144. The second-order valence-electron chi connectivity index (χ2n) is 9.68. The van der Waals surface area contributed by atoms with Crippen LogP contribution in [0.25, 0.3) is 0 Å². The summed E-state index contributed by atoms with van der Waals surface area (Å²) in [5, 5.41) is -1.40. The number of benzene rings is 3. The Hall–Kier alpha value is -3.57. The van der Waals surface area contributed by atoms with Crippen LogP contribution < -0.4 is 23.7 Å². The predicted octanol–water partition coefficient (Wildman–Crippen LogP) is 5.94. The number of esters is 1. The van der Waals surface area contributed by atoms with Crippen LogP contribution in [0.15, 0.2) is 59.5 Å². The molecule has 3 aromatic rings. The Balaban J connectivity index is 1.62. The van der Waals surface area contributed by atoms with Crippen LogP contribution in [0, 0.1) is 0 Å². The zero-order valence-corrected chi connectivity index (χ0v) is 26.2. The minimum Gasteiger partial charge on any atom is -0.493 e. The molecule has 4 rings (SSSR count). The number of ether oxygens (including phenoxy) is 6. The average Bonchev–Trinajstić information content (AvgIpc) is 3.52. The fourth-order valence-corrected chi connectivity index (χ4v) is 7.90. The van der Waals surface area contributed by atoms with Crippen molar-refractivity contribution in [2.75, 3.05) is 35.5 Å². The van der Waals surface area contributed by atoms with E-state index in [1.54, 1.807) is 57.4 Å². The summed E-state index contributed by atoms with van der Waals surface area (Å²) >= 11 is 1.71. The van der Waals surface area contributed by atoms with Crippen molar-refractivity contribution in [1.82, 2.24) is 0 Å². The first kappa shape index (κ1) is 31.4. The molecule has 0 aromatic heterocycles. The number of carbonyl (C=O) groups is 1. The molecule has 0 saturated carbocycles. The molecule has 11 heteroatoms. The topological polar surface area (TPSA) is 107 Å². The van der Waals surface area contributed by atoms with Gasteiger partial charge in [-0.3, -0.25) is 4.79 Å².